The van der Waals surface area contributed by atoms with Crippen LogP contribution in [0.1, 0.15) is 72.8 Å². The van der Waals surface area contributed by atoms with Crippen molar-refractivity contribution in [2.24, 2.45) is 5.92 Å². The lowest BCUT2D eigenvalue weighted by Gasteiger charge is -2.36. The van der Waals surface area contributed by atoms with E-state index >= 15 is 0 Å². The van der Waals surface area contributed by atoms with Crippen LogP contribution in [-0.4, -0.2) is 41.0 Å². The van der Waals surface area contributed by atoms with Crippen LogP contribution < -0.4 is 11.1 Å². The zero-order valence-electron chi connectivity index (χ0n) is 18.7. The van der Waals surface area contributed by atoms with Crippen LogP contribution in [0.15, 0.2) is 30.3 Å². The number of nitrogens with two attached hydrogens (primary N) is 1. The van der Waals surface area contributed by atoms with Crippen molar-refractivity contribution < 1.29 is 4.79 Å². The van der Waals surface area contributed by atoms with Gasteiger partial charge in [-0.05, 0) is 88.9 Å². The molecule has 1 aromatic carbocycles. The number of rotatable bonds is 8. The highest BCUT2D eigenvalue weighted by Crippen LogP contribution is 2.32. The summed E-state index contributed by atoms with van der Waals surface area (Å²) in [6.45, 7) is 4.65. The van der Waals surface area contributed by atoms with E-state index in [0.717, 1.165) is 42.3 Å². The van der Waals surface area contributed by atoms with E-state index in [0.29, 0.717) is 12.1 Å². The van der Waals surface area contributed by atoms with Gasteiger partial charge in [-0.1, -0.05) is 25.1 Å². The third kappa shape index (κ3) is 5.86. The molecule has 5 nitrogen and oxygen atoms in total. The fourth-order valence-corrected chi connectivity index (χ4v) is 6.20. The van der Waals surface area contributed by atoms with Gasteiger partial charge in [0.2, 0.25) is 0 Å². The van der Waals surface area contributed by atoms with Crippen LogP contribution in [0.3, 0.4) is 0 Å². The highest BCUT2D eigenvalue weighted by atomic mass is 32.1. The second kappa shape index (κ2) is 10.6. The molecule has 1 heterocycles. The molecule has 6 heteroatoms. The summed E-state index contributed by atoms with van der Waals surface area (Å²) in [5.74, 6) is 0.848. The molecule has 1 atom stereocenters. The topological polar surface area (TPSA) is 71.2 Å². The molecule has 168 valence electrons. The molecule has 1 fully saturated rings. The summed E-state index contributed by atoms with van der Waals surface area (Å²) in [4.78, 5) is 21.1. The summed E-state index contributed by atoms with van der Waals surface area (Å²) < 4.78 is 0. The molecule has 2 aliphatic carbocycles. The third-order valence-electron chi connectivity index (χ3n) is 7.00. The maximum atomic E-state index is 12.4. The van der Waals surface area contributed by atoms with Gasteiger partial charge in [-0.2, -0.15) is 0 Å². The Labute approximate surface area is 190 Å². The van der Waals surface area contributed by atoms with Crippen LogP contribution in [0, 0.1) is 5.92 Å². The Morgan fingerprint density at radius 2 is 1.94 bits per heavy atom. The minimum atomic E-state index is 0.0681. The van der Waals surface area contributed by atoms with Gasteiger partial charge in [-0.3, -0.25) is 4.79 Å². The zero-order valence-corrected chi connectivity index (χ0v) is 19.5. The quantitative estimate of drug-likeness (QED) is 0.626. The van der Waals surface area contributed by atoms with Crippen LogP contribution in [0.25, 0.3) is 0 Å². The lowest BCUT2D eigenvalue weighted by Crippen LogP contribution is -2.41. The third-order valence-corrected chi connectivity index (χ3v) is 7.95. The van der Waals surface area contributed by atoms with Gasteiger partial charge in [0.15, 0.2) is 5.13 Å². The molecule has 0 unspecified atom stereocenters. The zero-order chi connectivity index (χ0) is 21.6. The van der Waals surface area contributed by atoms with Crippen LogP contribution in [0.2, 0.25) is 0 Å². The number of nitrogens with one attached hydrogen (secondary N) is 1. The maximum absolute atomic E-state index is 12.4. The number of benzene rings is 1. The maximum Gasteiger partial charge on any atom is 0.251 e. The van der Waals surface area contributed by atoms with Gasteiger partial charge in [0.05, 0.1) is 5.69 Å². The number of fused-ring (bicyclic) bond motifs is 1. The first-order valence-corrected chi connectivity index (χ1v) is 12.8. The summed E-state index contributed by atoms with van der Waals surface area (Å²) in [7, 11) is 0. The van der Waals surface area contributed by atoms with Crippen molar-refractivity contribution in [2.45, 2.75) is 76.8 Å². The Balaban J connectivity index is 1.23. The number of thiazole rings is 1. The van der Waals surface area contributed by atoms with E-state index < -0.39 is 0 Å². The Hall–Kier alpha value is -1.92. The Bertz CT molecular complexity index is 844. The normalized spacial score (nSPS) is 23.5. The first kappa shape index (κ1) is 22.3. The summed E-state index contributed by atoms with van der Waals surface area (Å²) in [5, 5.41) is 3.97. The summed E-state index contributed by atoms with van der Waals surface area (Å²) in [5.41, 5.74) is 7.94. The van der Waals surface area contributed by atoms with Gasteiger partial charge >= 0.3 is 0 Å². The van der Waals surface area contributed by atoms with Gasteiger partial charge in [-0.25, -0.2) is 4.98 Å². The lowest BCUT2D eigenvalue weighted by atomic mass is 9.83. The molecule has 4 rings (SSSR count). The molecule has 0 radical (unpaired) electrons. The number of nitrogen functional groups attached to an aromatic ring is 1. The number of anilines is 1. The monoisotopic (exact) mass is 440 g/mol. The fraction of sp³-hybridized carbons (Fsp3) is 0.600. The first-order chi connectivity index (χ1) is 15.1. The Morgan fingerprint density at radius 3 is 2.68 bits per heavy atom. The van der Waals surface area contributed by atoms with E-state index in [4.69, 9.17) is 5.73 Å². The summed E-state index contributed by atoms with van der Waals surface area (Å²) in [6, 6.07) is 10.5. The van der Waals surface area contributed by atoms with Crippen molar-refractivity contribution in [1.29, 1.82) is 0 Å². The molecule has 0 bridgehead atoms. The van der Waals surface area contributed by atoms with Crippen LogP contribution >= 0.6 is 11.3 Å². The lowest BCUT2D eigenvalue weighted by molar-refractivity contribution is 0.0918. The van der Waals surface area contributed by atoms with Crippen LogP contribution in [0.4, 0.5) is 5.13 Å². The second-order valence-electron chi connectivity index (χ2n) is 9.20. The van der Waals surface area contributed by atoms with Crippen molar-refractivity contribution in [3.8, 4) is 0 Å². The van der Waals surface area contributed by atoms with E-state index in [1.54, 1.807) is 11.3 Å². The van der Waals surface area contributed by atoms with E-state index in [1.165, 1.54) is 55.8 Å². The molecular formula is C25H36N4OS. The molecule has 2 aromatic rings. The molecule has 3 N–H and O–H groups in total. The van der Waals surface area contributed by atoms with E-state index in [9.17, 15) is 4.79 Å². The highest BCUT2D eigenvalue weighted by molar-refractivity contribution is 7.15. The van der Waals surface area contributed by atoms with E-state index in [1.807, 2.05) is 30.3 Å². The van der Waals surface area contributed by atoms with Gasteiger partial charge in [0.25, 0.3) is 5.91 Å². The number of aryl methyl sites for hydroxylation is 1. The second-order valence-corrected chi connectivity index (χ2v) is 10.3. The Morgan fingerprint density at radius 1 is 1.16 bits per heavy atom. The smallest absolute Gasteiger partial charge is 0.251 e. The molecule has 2 aliphatic rings. The molecular weight excluding hydrogens is 404 g/mol. The van der Waals surface area contributed by atoms with Gasteiger partial charge in [-0.15, -0.1) is 11.3 Å². The SMILES string of the molecule is CCCN(CCC1CCC(NC(=O)c2ccccc2)CC1)[C@H]1CCc2nc(N)sc2C1. The number of aromatic nitrogens is 1. The predicted octanol–water partition coefficient (Wildman–Crippen LogP) is 4.67. The standard InChI is InChI=1S/C25H36N4OS/c1-2-15-29(21-12-13-22-23(17-21)31-25(26)28-22)16-14-18-8-10-20(11-9-18)27-24(30)19-6-4-3-5-7-19/h3-7,18,20-21H,2,8-17H2,1H3,(H2,26,28)(H,27,30)/t18?,20?,21-/m0/s1. The Kier molecular flexibility index (Phi) is 7.62. The number of nitrogens with zero attached hydrogens (tertiary/aromatic N) is 2. The molecule has 1 amide bonds. The fourth-order valence-electron chi connectivity index (χ4n) is 5.26. The molecule has 1 aromatic heterocycles. The molecule has 0 saturated heterocycles. The number of carbonyl (C=O) groups excluding carboxylic acids is 1. The minimum Gasteiger partial charge on any atom is -0.375 e. The number of hydrogen-bond donors (Lipinski definition) is 2. The largest absolute Gasteiger partial charge is 0.375 e. The van der Waals surface area contributed by atoms with Crippen molar-refractivity contribution in [1.82, 2.24) is 15.2 Å². The van der Waals surface area contributed by atoms with Crippen molar-refractivity contribution in [2.75, 3.05) is 18.8 Å². The number of amides is 1. The molecule has 1 saturated carbocycles. The average Bonchev–Trinajstić information content (AvgIpc) is 3.17. The highest BCUT2D eigenvalue weighted by Gasteiger charge is 2.28. The van der Waals surface area contributed by atoms with Crippen molar-refractivity contribution in [3.05, 3.63) is 46.5 Å². The van der Waals surface area contributed by atoms with Crippen molar-refractivity contribution in [3.63, 3.8) is 0 Å². The summed E-state index contributed by atoms with van der Waals surface area (Å²) >= 11 is 1.68. The predicted molar refractivity (Wildman–Crippen MR) is 128 cm³/mol. The molecule has 0 aliphatic heterocycles. The van der Waals surface area contributed by atoms with Crippen LogP contribution in [0.5, 0.6) is 0 Å². The van der Waals surface area contributed by atoms with E-state index in [2.05, 4.69) is 22.1 Å². The van der Waals surface area contributed by atoms with Gasteiger partial charge in [0, 0.05) is 22.5 Å². The van der Waals surface area contributed by atoms with Gasteiger partial charge < -0.3 is 16.0 Å². The van der Waals surface area contributed by atoms with Gasteiger partial charge in [0.1, 0.15) is 0 Å². The van der Waals surface area contributed by atoms with E-state index in [-0.39, 0.29) is 5.91 Å². The first-order valence-electron chi connectivity index (χ1n) is 12.0. The van der Waals surface area contributed by atoms with Crippen LogP contribution in [-0.2, 0) is 12.8 Å². The number of hydrogen-bond acceptors (Lipinski definition) is 5. The molecule has 0 spiro atoms. The minimum absolute atomic E-state index is 0.0681. The number of carbonyl (C=O) groups is 1. The van der Waals surface area contributed by atoms with Crippen molar-refractivity contribution >= 4 is 22.4 Å². The summed E-state index contributed by atoms with van der Waals surface area (Å²) in [6.07, 6.45) is 10.5. The average molecular weight is 441 g/mol. The molecule has 31 heavy (non-hydrogen) atoms.